The summed E-state index contributed by atoms with van der Waals surface area (Å²) in [6.45, 7) is 5.81. The maximum absolute atomic E-state index is 12.6. The van der Waals surface area contributed by atoms with Crippen molar-refractivity contribution < 1.29 is 14.5 Å². The van der Waals surface area contributed by atoms with Crippen LogP contribution in [-0.4, -0.2) is 30.8 Å². The van der Waals surface area contributed by atoms with Gasteiger partial charge in [-0.15, -0.1) is 0 Å². The smallest absolute Gasteiger partial charge is 0.282 e. The third-order valence-electron chi connectivity index (χ3n) is 5.97. The van der Waals surface area contributed by atoms with E-state index in [-0.39, 0.29) is 17.7 Å². The second kappa shape index (κ2) is 7.47. The number of quaternary nitrogens is 1. The summed E-state index contributed by atoms with van der Waals surface area (Å²) < 4.78 is 0. The minimum absolute atomic E-state index is 0.0177. The number of fused-ring (bicyclic) bond motifs is 1. The number of ketones is 1. The maximum atomic E-state index is 12.6. The minimum atomic E-state index is -0.0474. The number of amides is 1. The van der Waals surface area contributed by atoms with Crippen molar-refractivity contribution in [2.24, 2.45) is 11.8 Å². The predicted octanol–water partition coefficient (Wildman–Crippen LogP) is 2.31. The molecule has 1 aromatic rings. The number of anilines is 1. The van der Waals surface area contributed by atoms with E-state index in [0.717, 1.165) is 24.9 Å². The van der Waals surface area contributed by atoms with Crippen molar-refractivity contribution in [3.05, 3.63) is 29.8 Å². The largest absolute Gasteiger partial charge is 0.325 e. The van der Waals surface area contributed by atoms with Crippen LogP contribution in [0, 0.1) is 11.8 Å². The van der Waals surface area contributed by atoms with Crippen LogP contribution in [0.2, 0.25) is 0 Å². The molecule has 0 bridgehead atoms. The quantitative estimate of drug-likeness (QED) is 0.833. The van der Waals surface area contributed by atoms with E-state index in [1.54, 1.807) is 19.1 Å². The lowest BCUT2D eigenvalue weighted by Crippen LogP contribution is -3.18. The molecule has 1 saturated heterocycles. The summed E-state index contributed by atoms with van der Waals surface area (Å²) in [5.41, 5.74) is 1.35. The summed E-state index contributed by atoms with van der Waals surface area (Å²) in [6, 6.07) is 7.15. The Balaban J connectivity index is 1.60. The molecule has 1 aliphatic carbocycles. The van der Waals surface area contributed by atoms with Gasteiger partial charge in [-0.05, 0) is 51.2 Å². The molecule has 2 N–H and O–H groups in total. The fourth-order valence-electron chi connectivity index (χ4n) is 4.39. The monoisotopic (exact) mass is 329 g/mol. The number of carbonyl (C=O) groups is 2. The van der Waals surface area contributed by atoms with Crippen LogP contribution >= 0.6 is 0 Å². The van der Waals surface area contributed by atoms with Crippen LogP contribution in [0.25, 0.3) is 0 Å². The van der Waals surface area contributed by atoms with Crippen molar-refractivity contribution in [3.63, 3.8) is 0 Å². The Hall–Kier alpha value is -1.68. The molecule has 2 fully saturated rings. The van der Waals surface area contributed by atoms with Gasteiger partial charge in [-0.1, -0.05) is 25.0 Å². The molecule has 4 atom stereocenters. The van der Waals surface area contributed by atoms with Crippen LogP contribution in [-0.2, 0) is 4.79 Å². The molecule has 1 aliphatic heterocycles. The molecule has 2 aliphatic rings. The van der Waals surface area contributed by atoms with Crippen LogP contribution in [0.3, 0.4) is 0 Å². The summed E-state index contributed by atoms with van der Waals surface area (Å²) in [5, 5.41) is 2.99. The fraction of sp³-hybridized carbons (Fsp3) is 0.600. The SMILES string of the molecule is CC(=O)c1cccc(NC(=O)[C@H](C)[NH+]2CC[C@@H]3CCCC[C@@H]3C2)c1. The number of hydrogen-bond acceptors (Lipinski definition) is 2. The molecule has 0 spiro atoms. The Bertz CT molecular complexity index is 613. The zero-order chi connectivity index (χ0) is 17.1. The van der Waals surface area contributed by atoms with Crippen LogP contribution in [0.15, 0.2) is 24.3 Å². The summed E-state index contributed by atoms with van der Waals surface area (Å²) in [4.78, 5) is 25.5. The highest BCUT2D eigenvalue weighted by Crippen LogP contribution is 2.32. The van der Waals surface area contributed by atoms with Gasteiger partial charge in [-0.25, -0.2) is 0 Å². The third kappa shape index (κ3) is 3.86. The van der Waals surface area contributed by atoms with Gasteiger partial charge in [-0.2, -0.15) is 0 Å². The van der Waals surface area contributed by atoms with Gasteiger partial charge in [0.2, 0.25) is 0 Å². The van der Waals surface area contributed by atoms with Crippen LogP contribution in [0.1, 0.15) is 56.3 Å². The lowest BCUT2D eigenvalue weighted by Gasteiger charge is -2.40. The number of piperidine rings is 1. The molecule has 1 saturated carbocycles. The summed E-state index contributed by atoms with van der Waals surface area (Å²) in [7, 11) is 0. The van der Waals surface area contributed by atoms with Gasteiger partial charge in [0.25, 0.3) is 5.91 Å². The first-order valence-corrected chi connectivity index (χ1v) is 9.31. The standard InChI is InChI=1S/C20H28N2O2/c1-14(22-11-10-16-6-3-4-7-18(16)13-22)20(24)21-19-9-5-8-17(12-19)15(2)23/h5,8-9,12,14,16,18H,3-4,6-7,10-11,13H2,1-2H3,(H,21,24)/p+1/t14-,16-,18+/m0/s1. The molecule has 4 heteroatoms. The minimum Gasteiger partial charge on any atom is -0.325 e. The molecule has 4 nitrogen and oxygen atoms in total. The predicted molar refractivity (Wildman–Crippen MR) is 95.3 cm³/mol. The van der Waals surface area contributed by atoms with Gasteiger partial charge in [0.1, 0.15) is 0 Å². The van der Waals surface area contributed by atoms with E-state index in [4.69, 9.17) is 0 Å². The summed E-state index contributed by atoms with van der Waals surface area (Å²) in [6.07, 6.45) is 6.73. The molecule has 1 unspecified atom stereocenters. The van der Waals surface area contributed by atoms with Crippen LogP contribution in [0.5, 0.6) is 0 Å². The van der Waals surface area contributed by atoms with Gasteiger partial charge < -0.3 is 10.2 Å². The molecule has 24 heavy (non-hydrogen) atoms. The Morgan fingerprint density at radius 1 is 1.17 bits per heavy atom. The molecule has 3 rings (SSSR count). The van der Waals surface area contributed by atoms with E-state index >= 15 is 0 Å². The number of rotatable bonds is 4. The zero-order valence-corrected chi connectivity index (χ0v) is 14.8. The van der Waals surface area contributed by atoms with Gasteiger partial charge in [0.15, 0.2) is 11.8 Å². The van der Waals surface area contributed by atoms with Crippen molar-refractivity contribution in [2.75, 3.05) is 18.4 Å². The highest BCUT2D eigenvalue weighted by atomic mass is 16.2. The molecule has 1 amide bonds. The fourth-order valence-corrected chi connectivity index (χ4v) is 4.39. The Morgan fingerprint density at radius 3 is 2.67 bits per heavy atom. The van der Waals surface area contributed by atoms with Crippen molar-refractivity contribution in [1.29, 1.82) is 0 Å². The number of likely N-dealkylation sites (tertiary alicyclic amines) is 1. The number of carbonyl (C=O) groups excluding carboxylic acids is 2. The van der Waals surface area contributed by atoms with E-state index in [1.165, 1.54) is 37.0 Å². The summed E-state index contributed by atoms with van der Waals surface area (Å²) in [5.74, 6) is 1.77. The van der Waals surface area contributed by atoms with E-state index in [0.29, 0.717) is 11.3 Å². The molecule has 130 valence electrons. The van der Waals surface area contributed by atoms with Gasteiger partial charge in [0.05, 0.1) is 13.1 Å². The van der Waals surface area contributed by atoms with Gasteiger partial charge >= 0.3 is 0 Å². The zero-order valence-electron chi connectivity index (χ0n) is 14.8. The van der Waals surface area contributed by atoms with E-state index in [1.807, 2.05) is 19.1 Å². The van der Waals surface area contributed by atoms with E-state index < -0.39 is 0 Å². The first kappa shape index (κ1) is 17.2. The molecule has 0 radical (unpaired) electrons. The number of nitrogens with one attached hydrogen (secondary N) is 2. The van der Waals surface area contributed by atoms with Gasteiger partial charge in [0, 0.05) is 17.2 Å². The lowest BCUT2D eigenvalue weighted by atomic mass is 9.75. The first-order chi connectivity index (χ1) is 11.5. The Labute approximate surface area is 144 Å². The number of hydrogen-bond donors (Lipinski definition) is 2. The van der Waals surface area contributed by atoms with Gasteiger partial charge in [-0.3, -0.25) is 9.59 Å². The number of benzene rings is 1. The highest BCUT2D eigenvalue weighted by molar-refractivity contribution is 5.97. The Kier molecular flexibility index (Phi) is 5.34. The Morgan fingerprint density at radius 2 is 1.92 bits per heavy atom. The molecule has 1 heterocycles. The average Bonchev–Trinajstić information content (AvgIpc) is 2.60. The first-order valence-electron chi connectivity index (χ1n) is 9.31. The maximum Gasteiger partial charge on any atom is 0.282 e. The highest BCUT2D eigenvalue weighted by Gasteiger charge is 2.37. The van der Waals surface area contributed by atoms with Crippen LogP contribution < -0.4 is 10.2 Å². The van der Waals surface area contributed by atoms with E-state index in [9.17, 15) is 9.59 Å². The topological polar surface area (TPSA) is 50.6 Å². The second-order valence-electron chi connectivity index (χ2n) is 7.55. The number of Topliss-reactive ketones (excluding diaryl/α,β-unsaturated/α-hetero) is 1. The molecular formula is C20H29N2O2+. The molecular weight excluding hydrogens is 300 g/mol. The van der Waals surface area contributed by atoms with Crippen molar-refractivity contribution in [3.8, 4) is 0 Å². The van der Waals surface area contributed by atoms with Crippen molar-refractivity contribution in [2.45, 2.75) is 52.0 Å². The third-order valence-corrected chi connectivity index (χ3v) is 5.97. The molecule has 1 aromatic carbocycles. The molecule has 0 aromatic heterocycles. The average molecular weight is 329 g/mol. The summed E-state index contributed by atoms with van der Waals surface area (Å²) >= 11 is 0. The lowest BCUT2D eigenvalue weighted by molar-refractivity contribution is -0.924. The normalized spacial score (nSPS) is 27.8. The van der Waals surface area contributed by atoms with Crippen molar-refractivity contribution >= 4 is 17.4 Å². The van der Waals surface area contributed by atoms with Crippen LogP contribution in [0.4, 0.5) is 5.69 Å². The van der Waals surface area contributed by atoms with E-state index in [2.05, 4.69) is 5.32 Å². The van der Waals surface area contributed by atoms with Crippen molar-refractivity contribution in [1.82, 2.24) is 0 Å². The second-order valence-corrected chi connectivity index (χ2v) is 7.55.